The summed E-state index contributed by atoms with van der Waals surface area (Å²) in [6.45, 7) is 9.60. The zero-order valence-electron chi connectivity index (χ0n) is 22.6. The zero-order chi connectivity index (χ0) is 24.2. The summed E-state index contributed by atoms with van der Waals surface area (Å²) in [5.74, 6) is 0.815. The number of phenols is 1. The topological polar surface area (TPSA) is 24.1 Å². The van der Waals surface area contributed by atoms with Gasteiger partial charge < -0.3 is 17.5 Å². The van der Waals surface area contributed by atoms with Crippen molar-refractivity contribution in [2.75, 3.05) is 0 Å². The molecule has 0 saturated heterocycles. The van der Waals surface area contributed by atoms with Gasteiger partial charge in [0.1, 0.15) is 12.3 Å². The Balaban J connectivity index is 0.000000763. The highest BCUT2D eigenvalue weighted by atomic mass is 35.5. The van der Waals surface area contributed by atoms with Gasteiger partial charge in [0.15, 0.2) is 12.4 Å². The van der Waals surface area contributed by atoms with E-state index in [9.17, 15) is 5.11 Å². The molecule has 0 aliphatic carbocycles. The first-order chi connectivity index (χ1) is 16.0. The third kappa shape index (κ3) is 17.0. The summed E-state index contributed by atoms with van der Waals surface area (Å²) >= 11 is 0. The molecule has 0 aliphatic heterocycles. The number of benzene rings is 1. The molecule has 2 aromatic rings. The molecule has 1 aromatic carbocycles. The molecule has 0 aliphatic rings. The molecule has 1 N–H and O–H groups in total. The number of halogens is 1. The monoisotopic (exact) mass is 489 g/mol. The Kier molecular flexibility index (Phi) is 21.0. The van der Waals surface area contributed by atoms with Gasteiger partial charge in [-0.25, -0.2) is 4.57 Å². The Bertz CT molecular complexity index is 702. The van der Waals surface area contributed by atoms with Gasteiger partial charge in [-0.3, -0.25) is 0 Å². The van der Waals surface area contributed by atoms with E-state index in [2.05, 4.69) is 55.9 Å². The second kappa shape index (κ2) is 22.0. The van der Waals surface area contributed by atoms with Gasteiger partial charge >= 0.3 is 0 Å². The van der Waals surface area contributed by atoms with Gasteiger partial charge in [-0.1, -0.05) is 116 Å². The van der Waals surface area contributed by atoms with E-state index in [0.717, 1.165) is 11.1 Å². The molecule has 194 valence electrons. The molecular weight excluding hydrogens is 438 g/mol. The lowest BCUT2D eigenvalue weighted by molar-refractivity contribution is -0.697. The lowest BCUT2D eigenvalue weighted by Crippen LogP contribution is -3.00. The molecule has 0 spiro atoms. The van der Waals surface area contributed by atoms with Crippen LogP contribution in [0.2, 0.25) is 0 Å². The fourth-order valence-electron chi connectivity index (χ4n) is 4.21. The molecule has 2 nitrogen and oxygen atoms in total. The number of phenolic OH excluding ortho intramolecular Hbond substituents is 1. The van der Waals surface area contributed by atoms with Crippen LogP contribution in [-0.2, 0) is 6.54 Å². The fourth-order valence-corrected chi connectivity index (χ4v) is 4.21. The molecule has 2 rings (SSSR count). The minimum absolute atomic E-state index is 0. The molecule has 0 radical (unpaired) electrons. The van der Waals surface area contributed by atoms with Gasteiger partial charge in [0.05, 0.1) is 0 Å². The van der Waals surface area contributed by atoms with E-state index < -0.39 is 0 Å². The van der Waals surface area contributed by atoms with Gasteiger partial charge in [-0.2, -0.15) is 0 Å². The van der Waals surface area contributed by atoms with Gasteiger partial charge in [0.25, 0.3) is 0 Å². The third-order valence-electron chi connectivity index (χ3n) is 6.36. The molecule has 0 saturated carbocycles. The van der Waals surface area contributed by atoms with Crippen LogP contribution in [0.4, 0.5) is 0 Å². The van der Waals surface area contributed by atoms with Crippen molar-refractivity contribution in [3.63, 3.8) is 0 Å². The van der Waals surface area contributed by atoms with E-state index in [1.165, 1.54) is 96.4 Å². The third-order valence-corrected chi connectivity index (χ3v) is 6.36. The van der Waals surface area contributed by atoms with Gasteiger partial charge in [0.2, 0.25) is 0 Å². The van der Waals surface area contributed by atoms with Crippen molar-refractivity contribution < 1.29 is 22.1 Å². The molecule has 34 heavy (non-hydrogen) atoms. The second-order valence-electron chi connectivity index (χ2n) is 9.93. The SMILES string of the molecule is CCCCCCCCCCCCCCCC[n+]1ccccc1.Cc1ccc(C(C)C)c(O)c1.[Cl-]. The van der Waals surface area contributed by atoms with Crippen LogP contribution >= 0.6 is 0 Å². The van der Waals surface area contributed by atoms with Crippen LogP contribution in [0.25, 0.3) is 0 Å². The highest BCUT2D eigenvalue weighted by Gasteiger charge is 2.04. The van der Waals surface area contributed by atoms with E-state index in [1.807, 2.05) is 19.1 Å². The second-order valence-corrected chi connectivity index (χ2v) is 9.93. The number of aromatic nitrogens is 1. The Morgan fingerprint density at radius 1 is 0.706 bits per heavy atom. The maximum absolute atomic E-state index is 9.46. The zero-order valence-corrected chi connectivity index (χ0v) is 23.3. The van der Waals surface area contributed by atoms with Gasteiger partial charge in [-0.15, -0.1) is 0 Å². The van der Waals surface area contributed by atoms with Crippen LogP contribution in [0.1, 0.15) is 128 Å². The molecule has 0 bridgehead atoms. The standard InChI is InChI=1S/C21H38N.C10H14O.ClH/c1-2-3-4-5-6-7-8-9-10-11-12-13-14-16-19-22-20-17-15-18-21-22;1-7(2)9-5-4-8(3)6-10(9)11;/h15,17-18,20-21H,2-14,16,19H2,1H3;4-7,11H,1-3H3;1H/q+1;;/p-1. The summed E-state index contributed by atoms with van der Waals surface area (Å²) in [4.78, 5) is 0. The molecule has 0 atom stereocenters. The minimum atomic E-state index is 0. The summed E-state index contributed by atoms with van der Waals surface area (Å²) in [6.07, 6.45) is 24.4. The predicted octanol–water partition coefficient (Wildman–Crippen LogP) is 6.28. The van der Waals surface area contributed by atoms with Crippen LogP contribution < -0.4 is 17.0 Å². The molecule has 0 unspecified atom stereocenters. The minimum Gasteiger partial charge on any atom is -1.00 e. The lowest BCUT2D eigenvalue weighted by Gasteiger charge is -2.07. The number of rotatable bonds is 16. The van der Waals surface area contributed by atoms with Crippen molar-refractivity contribution in [3.05, 3.63) is 59.9 Å². The lowest BCUT2D eigenvalue weighted by atomic mass is 10.0. The van der Waals surface area contributed by atoms with E-state index in [0.29, 0.717) is 11.7 Å². The van der Waals surface area contributed by atoms with Crippen LogP contribution in [-0.4, -0.2) is 5.11 Å². The maximum atomic E-state index is 9.46. The first kappa shape index (κ1) is 32.5. The van der Waals surface area contributed by atoms with Crippen LogP contribution in [0.5, 0.6) is 5.75 Å². The Morgan fingerprint density at radius 2 is 1.18 bits per heavy atom. The molecule has 1 heterocycles. The number of nitrogens with zero attached hydrogens (tertiary/aromatic N) is 1. The number of unbranched alkanes of at least 4 members (excludes halogenated alkanes) is 13. The van der Waals surface area contributed by atoms with E-state index in [-0.39, 0.29) is 12.4 Å². The highest BCUT2D eigenvalue weighted by Crippen LogP contribution is 2.25. The van der Waals surface area contributed by atoms with E-state index in [1.54, 1.807) is 6.07 Å². The Hall–Kier alpha value is -1.54. The van der Waals surface area contributed by atoms with Crippen molar-refractivity contribution in [2.45, 2.75) is 130 Å². The first-order valence-electron chi connectivity index (χ1n) is 13.8. The summed E-state index contributed by atoms with van der Waals surface area (Å²) in [7, 11) is 0. The Labute approximate surface area is 217 Å². The number of pyridine rings is 1. The quantitative estimate of drug-likeness (QED) is 0.217. The van der Waals surface area contributed by atoms with Crippen molar-refractivity contribution in [3.8, 4) is 5.75 Å². The van der Waals surface area contributed by atoms with Crippen molar-refractivity contribution in [1.29, 1.82) is 0 Å². The average molecular weight is 490 g/mol. The van der Waals surface area contributed by atoms with E-state index >= 15 is 0 Å². The number of hydrogen-bond donors (Lipinski definition) is 1. The highest BCUT2D eigenvalue weighted by molar-refractivity contribution is 5.37. The first-order valence-corrected chi connectivity index (χ1v) is 13.8. The van der Waals surface area contributed by atoms with Crippen LogP contribution in [0, 0.1) is 6.92 Å². The largest absolute Gasteiger partial charge is 1.00 e. The Morgan fingerprint density at radius 3 is 1.62 bits per heavy atom. The van der Waals surface area contributed by atoms with Gasteiger partial charge in [-0.05, 0) is 36.5 Å². The molecule has 0 amide bonds. The van der Waals surface area contributed by atoms with Crippen LogP contribution in [0.15, 0.2) is 48.8 Å². The normalized spacial score (nSPS) is 10.5. The maximum Gasteiger partial charge on any atom is 0.168 e. The van der Waals surface area contributed by atoms with Crippen molar-refractivity contribution in [1.82, 2.24) is 0 Å². The summed E-state index contributed by atoms with van der Waals surface area (Å²) < 4.78 is 2.29. The van der Waals surface area contributed by atoms with E-state index in [4.69, 9.17) is 0 Å². The summed E-state index contributed by atoms with van der Waals surface area (Å²) in [6, 6.07) is 12.1. The number of aryl methyl sites for hydroxylation is 2. The van der Waals surface area contributed by atoms with Crippen LogP contribution in [0.3, 0.4) is 0 Å². The summed E-state index contributed by atoms with van der Waals surface area (Å²) in [5, 5.41) is 9.46. The molecule has 3 heteroatoms. The molecule has 1 aromatic heterocycles. The van der Waals surface area contributed by atoms with Crippen molar-refractivity contribution in [2.24, 2.45) is 0 Å². The van der Waals surface area contributed by atoms with Gasteiger partial charge in [0, 0.05) is 18.6 Å². The molecule has 0 fully saturated rings. The fraction of sp³-hybridized carbons (Fsp3) is 0.645. The summed E-state index contributed by atoms with van der Waals surface area (Å²) in [5.41, 5.74) is 2.13. The smallest absolute Gasteiger partial charge is 0.168 e. The molecular formula is C31H52ClNO. The predicted molar refractivity (Wildman–Crippen MR) is 144 cm³/mol. The van der Waals surface area contributed by atoms with Crippen molar-refractivity contribution >= 4 is 0 Å². The number of hydrogen-bond acceptors (Lipinski definition) is 1. The average Bonchev–Trinajstić information content (AvgIpc) is 2.80. The number of aromatic hydroxyl groups is 1.